The van der Waals surface area contributed by atoms with Crippen LogP contribution in [0.25, 0.3) is 0 Å². The first-order valence-corrected chi connectivity index (χ1v) is 6.24. The van der Waals surface area contributed by atoms with Crippen LogP contribution in [0, 0.1) is 0 Å². The second-order valence-corrected chi connectivity index (χ2v) is 4.70. The van der Waals surface area contributed by atoms with Crippen LogP contribution in [0.5, 0.6) is 0 Å². The molecule has 2 aromatic rings. The van der Waals surface area contributed by atoms with Crippen molar-refractivity contribution in [1.29, 1.82) is 0 Å². The molecule has 1 atom stereocenters. The van der Waals surface area contributed by atoms with Gasteiger partial charge in [-0.15, -0.1) is 0 Å². The van der Waals surface area contributed by atoms with E-state index in [0.29, 0.717) is 0 Å². The Kier molecular flexibility index (Phi) is 2.98. The van der Waals surface area contributed by atoms with Crippen molar-refractivity contribution in [2.45, 2.75) is 19.0 Å². The van der Waals surface area contributed by atoms with Crippen LogP contribution >= 0.6 is 0 Å². The summed E-state index contributed by atoms with van der Waals surface area (Å²) in [5, 5.41) is 4.12. The highest BCUT2D eigenvalue weighted by molar-refractivity contribution is 5.56. The Balaban J connectivity index is 1.76. The van der Waals surface area contributed by atoms with Gasteiger partial charge in [-0.2, -0.15) is 5.10 Å². The molecule has 1 aliphatic heterocycles. The molecule has 5 heteroatoms. The van der Waals surface area contributed by atoms with Crippen molar-refractivity contribution in [3.8, 4) is 0 Å². The Labute approximate surface area is 106 Å². The number of para-hydroxylation sites is 1. The topological polar surface area (TPSA) is 60.0 Å². The smallest absolute Gasteiger partial charge is 0.137 e. The Morgan fingerprint density at radius 2 is 2.17 bits per heavy atom. The van der Waals surface area contributed by atoms with E-state index in [2.05, 4.69) is 39.2 Å². The lowest BCUT2D eigenvalue weighted by atomic mass is 9.98. The van der Waals surface area contributed by atoms with Crippen molar-refractivity contribution in [3.63, 3.8) is 0 Å². The molecule has 3 rings (SSSR count). The van der Waals surface area contributed by atoms with Crippen molar-refractivity contribution in [2.24, 2.45) is 5.73 Å². The van der Waals surface area contributed by atoms with Crippen molar-refractivity contribution in [2.75, 3.05) is 18.0 Å². The van der Waals surface area contributed by atoms with Crippen LogP contribution in [0.3, 0.4) is 0 Å². The van der Waals surface area contributed by atoms with Gasteiger partial charge in [-0.25, -0.2) is 4.98 Å². The number of aromatic nitrogens is 3. The van der Waals surface area contributed by atoms with E-state index in [4.69, 9.17) is 5.73 Å². The van der Waals surface area contributed by atoms with E-state index < -0.39 is 0 Å². The zero-order chi connectivity index (χ0) is 12.4. The molecule has 0 fully saturated rings. The van der Waals surface area contributed by atoms with E-state index in [0.717, 1.165) is 26.1 Å². The Bertz CT molecular complexity index is 508. The Morgan fingerprint density at radius 1 is 1.28 bits per heavy atom. The third-order valence-corrected chi connectivity index (χ3v) is 3.33. The van der Waals surface area contributed by atoms with Crippen LogP contribution in [0.1, 0.15) is 5.56 Å². The molecular formula is C13H17N5. The summed E-state index contributed by atoms with van der Waals surface area (Å²) >= 11 is 0. The monoisotopic (exact) mass is 243 g/mol. The number of anilines is 1. The van der Waals surface area contributed by atoms with Crippen LogP contribution in [-0.2, 0) is 13.0 Å². The summed E-state index contributed by atoms with van der Waals surface area (Å²) in [4.78, 5) is 6.29. The lowest BCUT2D eigenvalue weighted by Gasteiger charge is -2.34. The molecule has 5 nitrogen and oxygen atoms in total. The first kappa shape index (κ1) is 11.2. The zero-order valence-electron chi connectivity index (χ0n) is 10.2. The molecule has 18 heavy (non-hydrogen) atoms. The molecule has 0 saturated heterocycles. The minimum absolute atomic E-state index is 0.218. The number of hydrogen-bond acceptors (Lipinski definition) is 4. The van der Waals surface area contributed by atoms with Crippen LogP contribution in [-0.4, -0.2) is 33.9 Å². The fourth-order valence-electron chi connectivity index (χ4n) is 2.50. The number of benzene rings is 1. The molecule has 1 aromatic carbocycles. The Morgan fingerprint density at radius 3 is 3.00 bits per heavy atom. The van der Waals surface area contributed by atoms with Gasteiger partial charge in [0.2, 0.25) is 0 Å². The van der Waals surface area contributed by atoms with Gasteiger partial charge in [0.15, 0.2) is 0 Å². The molecular weight excluding hydrogens is 226 g/mol. The van der Waals surface area contributed by atoms with Gasteiger partial charge in [0.25, 0.3) is 0 Å². The molecule has 1 unspecified atom stereocenters. The molecule has 2 heterocycles. The maximum Gasteiger partial charge on any atom is 0.137 e. The van der Waals surface area contributed by atoms with Crippen molar-refractivity contribution in [3.05, 3.63) is 42.5 Å². The first-order valence-electron chi connectivity index (χ1n) is 6.24. The van der Waals surface area contributed by atoms with Gasteiger partial charge >= 0.3 is 0 Å². The normalized spacial score (nSPS) is 18.7. The summed E-state index contributed by atoms with van der Waals surface area (Å²) < 4.78 is 1.85. The minimum atomic E-state index is 0.218. The van der Waals surface area contributed by atoms with Crippen LogP contribution in [0.4, 0.5) is 5.69 Å². The van der Waals surface area contributed by atoms with Gasteiger partial charge in [-0.05, 0) is 18.1 Å². The molecule has 0 amide bonds. The number of nitrogens with zero attached hydrogens (tertiary/aromatic N) is 4. The quantitative estimate of drug-likeness (QED) is 0.860. The minimum Gasteiger partial charge on any atom is -0.368 e. The summed E-state index contributed by atoms with van der Waals surface area (Å²) in [6, 6.07) is 8.71. The van der Waals surface area contributed by atoms with Gasteiger partial charge in [-0.1, -0.05) is 18.2 Å². The fraction of sp³-hybridized carbons (Fsp3) is 0.385. The van der Waals surface area contributed by atoms with Gasteiger partial charge in [0, 0.05) is 24.8 Å². The van der Waals surface area contributed by atoms with Gasteiger partial charge in [0.1, 0.15) is 12.7 Å². The third kappa shape index (κ3) is 2.22. The fourth-order valence-corrected chi connectivity index (χ4v) is 2.50. The molecule has 1 aliphatic rings. The van der Waals surface area contributed by atoms with E-state index in [1.54, 1.807) is 12.7 Å². The third-order valence-electron chi connectivity index (χ3n) is 3.33. The summed E-state index contributed by atoms with van der Waals surface area (Å²) in [7, 11) is 0. The average molecular weight is 243 g/mol. The second kappa shape index (κ2) is 4.78. The molecule has 94 valence electrons. The number of rotatable bonds is 3. The summed E-state index contributed by atoms with van der Waals surface area (Å²) in [6.45, 7) is 2.65. The van der Waals surface area contributed by atoms with E-state index in [1.807, 2.05) is 4.68 Å². The van der Waals surface area contributed by atoms with Gasteiger partial charge in [0.05, 0.1) is 6.54 Å². The number of nitrogens with two attached hydrogens (primary N) is 1. The molecule has 2 N–H and O–H groups in total. The van der Waals surface area contributed by atoms with Gasteiger partial charge < -0.3 is 10.6 Å². The van der Waals surface area contributed by atoms with Crippen LogP contribution in [0.2, 0.25) is 0 Å². The maximum atomic E-state index is 6.11. The van der Waals surface area contributed by atoms with E-state index >= 15 is 0 Å². The predicted octanol–water partition coefficient (Wildman–Crippen LogP) is 0.668. The average Bonchev–Trinajstić information content (AvgIpc) is 2.89. The zero-order valence-corrected chi connectivity index (χ0v) is 10.2. The van der Waals surface area contributed by atoms with Crippen molar-refractivity contribution < 1.29 is 0 Å². The SMILES string of the molecule is NC1Cc2ccccc2N(CCn2cncn2)C1. The van der Waals surface area contributed by atoms with Gasteiger partial charge in [-0.3, -0.25) is 4.68 Å². The molecule has 0 radical (unpaired) electrons. The van der Waals surface area contributed by atoms with E-state index in [9.17, 15) is 0 Å². The largest absolute Gasteiger partial charge is 0.368 e. The highest BCUT2D eigenvalue weighted by Gasteiger charge is 2.21. The van der Waals surface area contributed by atoms with Crippen LogP contribution in [0.15, 0.2) is 36.9 Å². The highest BCUT2D eigenvalue weighted by Crippen LogP contribution is 2.25. The second-order valence-electron chi connectivity index (χ2n) is 4.70. The number of hydrogen-bond donors (Lipinski definition) is 1. The van der Waals surface area contributed by atoms with Crippen LogP contribution < -0.4 is 10.6 Å². The maximum absolute atomic E-state index is 6.11. The lowest BCUT2D eigenvalue weighted by molar-refractivity contribution is 0.548. The molecule has 0 spiro atoms. The van der Waals surface area contributed by atoms with E-state index in [-0.39, 0.29) is 6.04 Å². The van der Waals surface area contributed by atoms with Crippen molar-refractivity contribution >= 4 is 5.69 Å². The lowest BCUT2D eigenvalue weighted by Crippen LogP contribution is -2.44. The Hall–Kier alpha value is -1.88. The standard InChI is InChI=1S/C13H17N5/c14-12-7-11-3-1-2-4-13(11)17(8-12)5-6-18-10-15-9-16-18/h1-4,9-10,12H,5-8,14H2. The predicted molar refractivity (Wildman–Crippen MR) is 70.4 cm³/mol. The number of fused-ring (bicyclic) bond motifs is 1. The molecule has 0 aliphatic carbocycles. The highest BCUT2D eigenvalue weighted by atomic mass is 15.3. The molecule has 0 saturated carbocycles. The summed E-state index contributed by atoms with van der Waals surface area (Å²) in [6.07, 6.45) is 4.28. The van der Waals surface area contributed by atoms with Crippen molar-refractivity contribution in [1.82, 2.24) is 14.8 Å². The molecule has 0 bridgehead atoms. The van der Waals surface area contributed by atoms with E-state index in [1.165, 1.54) is 11.3 Å². The molecule has 1 aromatic heterocycles. The first-order chi connectivity index (χ1) is 8.83. The summed E-state index contributed by atoms with van der Waals surface area (Å²) in [5.41, 5.74) is 8.76. The summed E-state index contributed by atoms with van der Waals surface area (Å²) in [5.74, 6) is 0.